The van der Waals surface area contributed by atoms with Gasteiger partial charge in [0.1, 0.15) is 0 Å². The van der Waals surface area contributed by atoms with Crippen LogP contribution in [0.4, 0.5) is 0 Å². The molecule has 1 aromatic carbocycles. The predicted molar refractivity (Wildman–Crippen MR) is 82.1 cm³/mol. The normalized spacial score (nSPS) is 24.1. The number of carbonyl (C=O) groups is 1. The molecule has 0 radical (unpaired) electrons. The molecule has 106 valence electrons. The summed E-state index contributed by atoms with van der Waals surface area (Å²) >= 11 is 1.81. The third-order valence-corrected chi connectivity index (χ3v) is 5.30. The summed E-state index contributed by atoms with van der Waals surface area (Å²) in [6.45, 7) is 3.74. The maximum Gasteiger partial charge on any atom is 0.307 e. The highest BCUT2D eigenvalue weighted by molar-refractivity contribution is 7.19. The van der Waals surface area contributed by atoms with Crippen molar-refractivity contribution in [2.75, 3.05) is 6.54 Å². The van der Waals surface area contributed by atoms with Crippen LogP contribution in [-0.4, -0.2) is 28.6 Å². The molecule has 0 bridgehead atoms. The van der Waals surface area contributed by atoms with E-state index in [4.69, 9.17) is 0 Å². The minimum atomic E-state index is -0.654. The molecule has 1 aliphatic heterocycles. The Bertz CT molecular complexity index is 589. The molecule has 2 atom stereocenters. The Kier molecular flexibility index (Phi) is 3.76. The molecule has 0 saturated carbocycles. The molecule has 20 heavy (non-hydrogen) atoms. The fourth-order valence-electron chi connectivity index (χ4n) is 2.92. The average Bonchev–Trinajstić information content (AvgIpc) is 2.83. The van der Waals surface area contributed by atoms with Gasteiger partial charge < -0.3 is 5.11 Å². The number of benzene rings is 1. The molecular formula is C16H19NO2S. The first-order valence-electron chi connectivity index (χ1n) is 7.08. The van der Waals surface area contributed by atoms with Gasteiger partial charge >= 0.3 is 5.97 Å². The number of aliphatic carboxylic acids is 1. The minimum Gasteiger partial charge on any atom is -0.481 e. The van der Waals surface area contributed by atoms with Crippen LogP contribution in [-0.2, 0) is 11.3 Å². The van der Waals surface area contributed by atoms with Gasteiger partial charge in [-0.05, 0) is 37.3 Å². The highest BCUT2D eigenvalue weighted by atomic mass is 32.1. The van der Waals surface area contributed by atoms with Gasteiger partial charge in [-0.25, -0.2) is 0 Å². The maximum absolute atomic E-state index is 11.2. The van der Waals surface area contributed by atoms with E-state index in [1.54, 1.807) is 0 Å². The van der Waals surface area contributed by atoms with Crippen molar-refractivity contribution in [1.29, 1.82) is 0 Å². The van der Waals surface area contributed by atoms with E-state index in [1.165, 1.54) is 15.0 Å². The Morgan fingerprint density at radius 1 is 1.40 bits per heavy atom. The van der Waals surface area contributed by atoms with Crippen LogP contribution >= 0.6 is 11.3 Å². The number of thiophene rings is 1. The van der Waals surface area contributed by atoms with Crippen LogP contribution in [0.25, 0.3) is 10.1 Å². The Morgan fingerprint density at radius 2 is 2.20 bits per heavy atom. The first-order valence-corrected chi connectivity index (χ1v) is 7.89. The van der Waals surface area contributed by atoms with Crippen molar-refractivity contribution in [3.8, 4) is 0 Å². The summed E-state index contributed by atoms with van der Waals surface area (Å²) in [6, 6.07) is 11.1. The van der Waals surface area contributed by atoms with E-state index in [-0.39, 0.29) is 5.92 Å². The molecule has 0 amide bonds. The lowest BCUT2D eigenvalue weighted by molar-refractivity contribution is -0.144. The summed E-state index contributed by atoms with van der Waals surface area (Å²) in [5, 5.41) is 10.5. The molecule has 4 heteroatoms. The zero-order valence-corrected chi connectivity index (χ0v) is 12.4. The van der Waals surface area contributed by atoms with Gasteiger partial charge in [0.25, 0.3) is 0 Å². The molecule has 3 rings (SSSR count). The molecule has 2 aromatic rings. The quantitative estimate of drug-likeness (QED) is 0.938. The second-order valence-corrected chi connectivity index (χ2v) is 6.81. The Labute approximate surface area is 122 Å². The van der Waals surface area contributed by atoms with Crippen molar-refractivity contribution < 1.29 is 9.90 Å². The molecule has 1 fully saturated rings. The molecule has 3 nitrogen and oxygen atoms in total. The second kappa shape index (κ2) is 5.54. The molecule has 0 aliphatic carbocycles. The Hall–Kier alpha value is -1.39. The number of carboxylic acid groups (broad SMARTS) is 1. The van der Waals surface area contributed by atoms with Crippen LogP contribution in [0.2, 0.25) is 0 Å². The molecule has 1 aliphatic rings. The molecule has 2 unspecified atom stereocenters. The SMILES string of the molecule is CC1CCC(C(=O)O)CN1Cc1cc2ccccc2s1. The second-order valence-electron chi connectivity index (χ2n) is 5.64. The van der Waals surface area contributed by atoms with E-state index in [0.717, 1.165) is 19.4 Å². The summed E-state index contributed by atoms with van der Waals surface area (Å²) in [5.41, 5.74) is 0. The predicted octanol–water partition coefficient (Wildman–Crippen LogP) is 3.59. The Morgan fingerprint density at radius 3 is 2.95 bits per heavy atom. The van der Waals surface area contributed by atoms with Crippen LogP contribution < -0.4 is 0 Å². The van der Waals surface area contributed by atoms with Gasteiger partial charge in [-0.15, -0.1) is 11.3 Å². The molecular weight excluding hydrogens is 270 g/mol. The van der Waals surface area contributed by atoms with Gasteiger partial charge in [0, 0.05) is 28.7 Å². The van der Waals surface area contributed by atoms with Crippen LogP contribution in [0, 0.1) is 5.92 Å². The molecule has 0 spiro atoms. The van der Waals surface area contributed by atoms with Crippen molar-refractivity contribution in [3.05, 3.63) is 35.2 Å². The zero-order valence-electron chi connectivity index (χ0n) is 11.6. The molecule has 2 heterocycles. The summed E-state index contributed by atoms with van der Waals surface area (Å²) in [5.74, 6) is -0.862. The van der Waals surface area contributed by atoms with E-state index in [2.05, 4.69) is 42.2 Å². The van der Waals surface area contributed by atoms with Crippen LogP contribution in [0.15, 0.2) is 30.3 Å². The lowest BCUT2D eigenvalue weighted by Gasteiger charge is -2.36. The van der Waals surface area contributed by atoms with Gasteiger partial charge in [0.15, 0.2) is 0 Å². The fourth-order valence-corrected chi connectivity index (χ4v) is 4.01. The maximum atomic E-state index is 11.2. The number of carboxylic acids is 1. The van der Waals surface area contributed by atoms with Crippen molar-refractivity contribution in [2.24, 2.45) is 5.92 Å². The summed E-state index contributed by atoms with van der Waals surface area (Å²) in [6.07, 6.45) is 1.78. The number of hydrogen-bond acceptors (Lipinski definition) is 3. The van der Waals surface area contributed by atoms with Gasteiger partial charge in [0.2, 0.25) is 0 Å². The van der Waals surface area contributed by atoms with E-state index >= 15 is 0 Å². The number of likely N-dealkylation sites (tertiary alicyclic amines) is 1. The van der Waals surface area contributed by atoms with Crippen molar-refractivity contribution >= 4 is 27.4 Å². The first kappa shape index (κ1) is 13.6. The third-order valence-electron chi connectivity index (χ3n) is 4.20. The third kappa shape index (κ3) is 2.72. The van der Waals surface area contributed by atoms with Gasteiger partial charge in [0.05, 0.1) is 5.92 Å². The van der Waals surface area contributed by atoms with E-state index in [9.17, 15) is 9.90 Å². The monoisotopic (exact) mass is 289 g/mol. The number of nitrogens with zero attached hydrogens (tertiary/aromatic N) is 1. The van der Waals surface area contributed by atoms with Gasteiger partial charge in [-0.1, -0.05) is 18.2 Å². The van der Waals surface area contributed by atoms with E-state index < -0.39 is 5.97 Å². The standard InChI is InChI=1S/C16H19NO2S/c1-11-6-7-13(16(18)19)9-17(11)10-14-8-12-4-2-3-5-15(12)20-14/h2-5,8,11,13H,6-7,9-10H2,1H3,(H,18,19). The topological polar surface area (TPSA) is 40.5 Å². The smallest absolute Gasteiger partial charge is 0.307 e. The van der Waals surface area contributed by atoms with Crippen molar-refractivity contribution in [1.82, 2.24) is 4.90 Å². The van der Waals surface area contributed by atoms with Crippen LogP contribution in [0.5, 0.6) is 0 Å². The highest BCUT2D eigenvalue weighted by Crippen LogP contribution is 2.29. The molecule has 1 N–H and O–H groups in total. The summed E-state index contributed by atoms with van der Waals surface area (Å²) in [4.78, 5) is 14.8. The molecule has 1 saturated heterocycles. The number of piperidine rings is 1. The highest BCUT2D eigenvalue weighted by Gasteiger charge is 2.29. The largest absolute Gasteiger partial charge is 0.481 e. The van der Waals surface area contributed by atoms with E-state index in [0.29, 0.717) is 12.6 Å². The minimum absolute atomic E-state index is 0.208. The zero-order chi connectivity index (χ0) is 14.1. The van der Waals surface area contributed by atoms with Crippen LogP contribution in [0.3, 0.4) is 0 Å². The average molecular weight is 289 g/mol. The lowest BCUT2D eigenvalue weighted by atomic mass is 9.93. The number of rotatable bonds is 3. The summed E-state index contributed by atoms with van der Waals surface area (Å²) < 4.78 is 1.31. The fraction of sp³-hybridized carbons (Fsp3) is 0.438. The van der Waals surface area contributed by atoms with Gasteiger partial charge in [-0.2, -0.15) is 0 Å². The van der Waals surface area contributed by atoms with Gasteiger partial charge in [-0.3, -0.25) is 9.69 Å². The Balaban J connectivity index is 1.76. The van der Waals surface area contributed by atoms with E-state index in [1.807, 2.05) is 11.3 Å². The lowest BCUT2D eigenvalue weighted by Crippen LogP contribution is -2.43. The van der Waals surface area contributed by atoms with Crippen molar-refractivity contribution in [3.63, 3.8) is 0 Å². The molecule has 1 aromatic heterocycles. The first-order chi connectivity index (χ1) is 9.63. The number of fused-ring (bicyclic) bond motifs is 1. The van der Waals surface area contributed by atoms with Crippen LogP contribution in [0.1, 0.15) is 24.6 Å². The van der Waals surface area contributed by atoms with Crippen molar-refractivity contribution in [2.45, 2.75) is 32.4 Å². The summed E-state index contributed by atoms with van der Waals surface area (Å²) in [7, 11) is 0. The number of hydrogen-bond donors (Lipinski definition) is 1.